The molecule has 0 N–H and O–H groups in total. The number of aromatic nitrogens is 2. The molecule has 1 fully saturated rings. The van der Waals surface area contributed by atoms with E-state index in [-0.39, 0.29) is 0 Å². The number of halogens is 1. The van der Waals surface area contributed by atoms with Gasteiger partial charge in [0.15, 0.2) is 0 Å². The molecule has 0 amide bonds. The maximum Gasteiger partial charge on any atom is 0.120 e. The van der Waals surface area contributed by atoms with Crippen molar-refractivity contribution in [3.63, 3.8) is 0 Å². The Hall–Kier alpha value is -0.550. The Kier molecular flexibility index (Phi) is 2.78. The minimum Gasteiger partial charge on any atom is -0.295 e. The van der Waals surface area contributed by atoms with Crippen LogP contribution in [0, 0.1) is 0 Å². The second-order valence-electron chi connectivity index (χ2n) is 4.11. The molecule has 2 rings (SSSR count). The molecule has 2 heterocycles. The second kappa shape index (κ2) is 3.90. The van der Waals surface area contributed by atoms with Crippen LogP contribution in [-0.2, 0) is 6.54 Å². The van der Waals surface area contributed by atoms with Gasteiger partial charge in [0.05, 0.1) is 11.1 Å². The van der Waals surface area contributed by atoms with Crippen molar-refractivity contribution in [3.05, 3.63) is 11.1 Å². The summed E-state index contributed by atoms with van der Waals surface area (Å²) >= 11 is 1.39. The van der Waals surface area contributed by atoms with E-state index in [0.29, 0.717) is 13.0 Å². The van der Waals surface area contributed by atoms with Crippen molar-refractivity contribution < 1.29 is 4.39 Å². The Balaban J connectivity index is 1.92. The van der Waals surface area contributed by atoms with Crippen molar-refractivity contribution in [2.24, 2.45) is 0 Å². The Morgan fingerprint density at radius 1 is 1.71 bits per heavy atom. The van der Waals surface area contributed by atoms with E-state index in [2.05, 4.69) is 14.5 Å². The summed E-state index contributed by atoms with van der Waals surface area (Å²) < 4.78 is 17.5. The predicted octanol–water partition coefficient (Wildman–Crippen LogP) is 1.86. The number of alkyl halides is 1. The van der Waals surface area contributed by atoms with Gasteiger partial charge in [-0.05, 0) is 37.8 Å². The first-order valence-electron chi connectivity index (χ1n) is 4.83. The van der Waals surface area contributed by atoms with Crippen molar-refractivity contribution in [1.29, 1.82) is 0 Å². The topological polar surface area (TPSA) is 29.0 Å². The minimum atomic E-state index is -1.02. The molecule has 3 nitrogen and oxygen atoms in total. The zero-order valence-corrected chi connectivity index (χ0v) is 9.06. The largest absolute Gasteiger partial charge is 0.295 e. The Morgan fingerprint density at radius 2 is 2.57 bits per heavy atom. The van der Waals surface area contributed by atoms with Gasteiger partial charge in [-0.2, -0.15) is 0 Å². The van der Waals surface area contributed by atoms with Gasteiger partial charge in [0.2, 0.25) is 0 Å². The standard InChI is InChI=1S/C9H14FN3S/c1-9(10)3-2-4-13(7-9)6-8-5-11-12-14-8/h5H,2-4,6-7H2,1H3/t9-/m1/s1. The fraction of sp³-hybridized carbons (Fsp3) is 0.778. The van der Waals surface area contributed by atoms with Crippen molar-refractivity contribution in [3.8, 4) is 0 Å². The Bertz CT molecular complexity index is 286. The SMILES string of the molecule is C[C@@]1(F)CCCN(Cc2cnns2)C1. The molecule has 1 saturated heterocycles. The van der Waals surface area contributed by atoms with Crippen molar-refractivity contribution in [1.82, 2.24) is 14.5 Å². The molecule has 0 saturated carbocycles. The fourth-order valence-electron chi connectivity index (χ4n) is 1.91. The zero-order chi connectivity index (χ0) is 10.0. The highest BCUT2D eigenvalue weighted by Crippen LogP contribution is 2.25. The normalized spacial score (nSPS) is 29.3. The highest BCUT2D eigenvalue weighted by atomic mass is 32.1. The summed E-state index contributed by atoms with van der Waals surface area (Å²) in [6.07, 6.45) is 3.39. The summed E-state index contributed by atoms with van der Waals surface area (Å²) in [6.45, 7) is 3.99. The summed E-state index contributed by atoms with van der Waals surface area (Å²) in [4.78, 5) is 3.25. The molecular formula is C9H14FN3S. The van der Waals surface area contributed by atoms with Gasteiger partial charge in [-0.15, -0.1) is 5.10 Å². The smallest absolute Gasteiger partial charge is 0.120 e. The Labute approximate surface area is 87.1 Å². The molecular weight excluding hydrogens is 201 g/mol. The molecule has 0 unspecified atom stereocenters. The summed E-state index contributed by atoms with van der Waals surface area (Å²) in [5, 5.41) is 3.77. The lowest BCUT2D eigenvalue weighted by Gasteiger charge is -2.34. The van der Waals surface area contributed by atoms with Gasteiger partial charge in [-0.25, -0.2) is 4.39 Å². The second-order valence-corrected chi connectivity index (χ2v) is 4.98. The predicted molar refractivity (Wildman–Crippen MR) is 53.9 cm³/mol. The van der Waals surface area contributed by atoms with Crippen molar-refractivity contribution in [2.45, 2.75) is 32.0 Å². The van der Waals surface area contributed by atoms with Gasteiger partial charge in [0.1, 0.15) is 5.67 Å². The number of rotatable bonds is 2. The third-order valence-electron chi connectivity index (χ3n) is 2.51. The summed E-state index contributed by atoms with van der Waals surface area (Å²) in [6, 6.07) is 0. The molecule has 14 heavy (non-hydrogen) atoms. The summed E-state index contributed by atoms with van der Waals surface area (Å²) in [5.74, 6) is 0. The lowest BCUT2D eigenvalue weighted by Crippen LogP contribution is -2.42. The summed E-state index contributed by atoms with van der Waals surface area (Å²) in [5.41, 5.74) is -1.02. The van der Waals surface area contributed by atoms with Gasteiger partial charge in [-0.1, -0.05) is 4.49 Å². The molecule has 1 atom stereocenters. The van der Waals surface area contributed by atoms with Gasteiger partial charge in [0.25, 0.3) is 0 Å². The van der Waals surface area contributed by atoms with Crippen LogP contribution in [0.4, 0.5) is 4.39 Å². The molecule has 1 aromatic rings. The van der Waals surface area contributed by atoms with Crippen LogP contribution in [0.25, 0.3) is 0 Å². The van der Waals surface area contributed by atoms with E-state index in [4.69, 9.17) is 0 Å². The van der Waals surface area contributed by atoms with E-state index in [1.165, 1.54) is 11.5 Å². The Morgan fingerprint density at radius 3 is 3.21 bits per heavy atom. The van der Waals surface area contributed by atoms with Crippen LogP contribution in [0.3, 0.4) is 0 Å². The first-order chi connectivity index (χ1) is 6.66. The molecule has 0 aromatic carbocycles. The van der Waals surface area contributed by atoms with Crippen LogP contribution in [-0.4, -0.2) is 33.2 Å². The number of hydrogen-bond donors (Lipinski definition) is 0. The van der Waals surface area contributed by atoms with E-state index >= 15 is 0 Å². The van der Waals surface area contributed by atoms with Gasteiger partial charge in [-0.3, -0.25) is 4.90 Å². The number of hydrogen-bond acceptors (Lipinski definition) is 4. The molecule has 1 aliphatic heterocycles. The van der Waals surface area contributed by atoms with Crippen molar-refractivity contribution >= 4 is 11.5 Å². The van der Waals surface area contributed by atoms with Gasteiger partial charge < -0.3 is 0 Å². The fourth-order valence-corrected chi connectivity index (χ4v) is 2.44. The van der Waals surface area contributed by atoms with Crippen LogP contribution in [0.15, 0.2) is 6.20 Å². The van der Waals surface area contributed by atoms with Crippen LogP contribution in [0.5, 0.6) is 0 Å². The molecule has 78 valence electrons. The van der Waals surface area contributed by atoms with Gasteiger partial charge >= 0.3 is 0 Å². The minimum absolute atomic E-state index is 0.533. The van der Waals surface area contributed by atoms with Crippen LogP contribution < -0.4 is 0 Å². The molecule has 0 bridgehead atoms. The quantitative estimate of drug-likeness (QED) is 0.754. The van der Waals surface area contributed by atoms with E-state index < -0.39 is 5.67 Å². The molecule has 1 aromatic heterocycles. The van der Waals surface area contributed by atoms with Crippen LogP contribution in [0.2, 0.25) is 0 Å². The molecule has 0 spiro atoms. The number of piperidine rings is 1. The average Bonchev–Trinajstić information content (AvgIpc) is 2.54. The lowest BCUT2D eigenvalue weighted by molar-refractivity contribution is 0.0568. The van der Waals surface area contributed by atoms with Gasteiger partial charge in [0, 0.05) is 13.1 Å². The van der Waals surface area contributed by atoms with Crippen molar-refractivity contribution in [2.75, 3.05) is 13.1 Å². The monoisotopic (exact) mass is 215 g/mol. The van der Waals surface area contributed by atoms with Crippen LogP contribution >= 0.6 is 11.5 Å². The first-order valence-corrected chi connectivity index (χ1v) is 5.61. The molecule has 5 heteroatoms. The van der Waals surface area contributed by atoms with Crippen LogP contribution in [0.1, 0.15) is 24.6 Å². The van der Waals surface area contributed by atoms with E-state index in [1.807, 2.05) is 0 Å². The number of likely N-dealkylation sites (tertiary alicyclic amines) is 1. The third-order valence-corrected chi connectivity index (χ3v) is 3.16. The highest BCUT2D eigenvalue weighted by Gasteiger charge is 2.30. The molecule has 0 radical (unpaired) electrons. The lowest BCUT2D eigenvalue weighted by atomic mass is 9.97. The highest BCUT2D eigenvalue weighted by molar-refractivity contribution is 7.05. The number of nitrogens with zero attached hydrogens (tertiary/aromatic N) is 3. The maximum atomic E-state index is 13.7. The third kappa shape index (κ3) is 2.48. The molecule has 1 aliphatic rings. The van der Waals surface area contributed by atoms with E-state index in [0.717, 1.165) is 24.4 Å². The van der Waals surface area contributed by atoms with E-state index in [9.17, 15) is 4.39 Å². The molecule has 0 aliphatic carbocycles. The summed E-state index contributed by atoms with van der Waals surface area (Å²) in [7, 11) is 0. The van der Waals surface area contributed by atoms with E-state index in [1.54, 1.807) is 13.1 Å². The zero-order valence-electron chi connectivity index (χ0n) is 8.24. The maximum absolute atomic E-state index is 13.7. The first kappa shape index (κ1) is 9.98. The average molecular weight is 215 g/mol.